The van der Waals surface area contributed by atoms with Crippen LogP contribution in [-0.4, -0.2) is 24.5 Å². The van der Waals surface area contributed by atoms with E-state index in [1.54, 1.807) is 17.1 Å². The Bertz CT molecular complexity index is 1530. The Balaban J connectivity index is 1.76. The fraction of sp³-hybridized carbons (Fsp3) is 0.120. The molecular weight excluding hydrogens is 400 g/mol. The van der Waals surface area contributed by atoms with E-state index in [1.807, 2.05) is 61.5 Å². The van der Waals surface area contributed by atoms with Crippen LogP contribution in [0, 0.1) is 19.3 Å². The van der Waals surface area contributed by atoms with Gasteiger partial charge in [0, 0.05) is 12.6 Å². The summed E-state index contributed by atoms with van der Waals surface area (Å²) in [5, 5.41) is 3.97. The van der Waals surface area contributed by atoms with Crippen LogP contribution in [0.2, 0.25) is 0 Å². The molecule has 0 aliphatic rings. The van der Waals surface area contributed by atoms with E-state index < -0.39 is 6.04 Å². The van der Waals surface area contributed by atoms with Crippen LogP contribution in [0.15, 0.2) is 71.9 Å². The van der Waals surface area contributed by atoms with Gasteiger partial charge < -0.3 is 10.3 Å². The molecule has 7 nitrogen and oxygen atoms in total. The number of aromatic nitrogens is 5. The second-order valence-corrected chi connectivity index (χ2v) is 7.48. The number of H-pyrrole nitrogens is 1. The third-order valence-electron chi connectivity index (χ3n) is 5.43. The van der Waals surface area contributed by atoms with Crippen LogP contribution < -0.4 is 10.9 Å². The minimum Gasteiger partial charge on any atom is -0.357 e. The molecule has 5 rings (SSSR count). The third kappa shape index (κ3) is 3.28. The summed E-state index contributed by atoms with van der Waals surface area (Å²) in [5.74, 6) is 3.80. The summed E-state index contributed by atoms with van der Waals surface area (Å²) in [4.78, 5) is 30.5. The number of anilines is 1. The normalized spacial score (nSPS) is 12.0. The van der Waals surface area contributed by atoms with E-state index in [4.69, 9.17) is 11.4 Å². The molecule has 7 heteroatoms. The summed E-state index contributed by atoms with van der Waals surface area (Å²) in [6.07, 6.45) is 9.34. The molecule has 156 valence electrons. The number of imidazole rings is 1. The molecule has 0 fully saturated rings. The molecule has 2 N–H and O–H groups in total. The number of pyridine rings is 1. The lowest BCUT2D eigenvalue weighted by Crippen LogP contribution is -2.28. The van der Waals surface area contributed by atoms with Crippen molar-refractivity contribution in [2.45, 2.75) is 19.4 Å². The topological polar surface area (TPSA) is 88.5 Å². The maximum absolute atomic E-state index is 13.7. The van der Waals surface area contributed by atoms with Gasteiger partial charge in [-0.25, -0.2) is 15.0 Å². The Morgan fingerprint density at radius 1 is 1.12 bits per heavy atom. The van der Waals surface area contributed by atoms with Gasteiger partial charge in [0.1, 0.15) is 11.3 Å². The van der Waals surface area contributed by atoms with Crippen molar-refractivity contribution in [2.24, 2.45) is 0 Å². The number of benzene rings is 2. The Morgan fingerprint density at radius 3 is 2.78 bits per heavy atom. The molecule has 2 aromatic carbocycles. The molecule has 32 heavy (non-hydrogen) atoms. The average Bonchev–Trinajstić information content (AvgIpc) is 3.29. The zero-order valence-electron chi connectivity index (χ0n) is 17.4. The molecule has 5 aromatic rings. The highest BCUT2D eigenvalue weighted by atomic mass is 16.1. The molecule has 0 radical (unpaired) electrons. The highest BCUT2D eigenvalue weighted by Gasteiger charge is 2.22. The van der Waals surface area contributed by atoms with E-state index >= 15 is 0 Å². The number of fused-ring (bicyclic) bond motifs is 2. The van der Waals surface area contributed by atoms with Crippen LogP contribution in [0.5, 0.6) is 0 Å². The SMILES string of the molecule is C#CCC(Nc1nccc2[nH]cnc12)c1nc2cccc(C)c2c(=O)n1-c1ccccc1. The summed E-state index contributed by atoms with van der Waals surface area (Å²) in [6.45, 7) is 1.92. The van der Waals surface area contributed by atoms with E-state index in [0.717, 1.165) is 16.8 Å². The van der Waals surface area contributed by atoms with Crippen molar-refractivity contribution < 1.29 is 0 Å². The first kappa shape index (κ1) is 19.5. The number of nitrogens with zero attached hydrogens (tertiary/aromatic N) is 4. The Labute approximate surface area is 184 Å². The molecule has 0 aliphatic heterocycles. The largest absolute Gasteiger partial charge is 0.357 e. The van der Waals surface area contributed by atoms with Gasteiger partial charge in [-0.3, -0.25) is 9.36 Å². The lowest BCUT2D eigenvalue weighted by molar-refractivity contribution is 0.695. The van der Waals surface area contributed by atoms with Gasteiger partial charge in [-0.2, -0.15) is 0 Å². The number of aromatic amines is 1. The van der Waals surface area contributed by atoms with Gasteiger partial charge >= 0.3 is 0 Å². The van der Waals surface area contributed by atoms with Crippen molar-refractivity contribution in [1.82, 2.24) is 24.5 Å². The number of para-hydroxylation sites is 1. The lowest BCUT2D eigenvalue weighted by Gasteiger charge is -2.22. The summed E-state index contributed by atoms with van der Waals surface area (Å²) >= 11 is 0. The third-order valence-corrected chi connectivity index (χ3v) is 5.43. The van der Waals surface area contributed by atoms with E-state index in [-0.39, 0.29) is 5.56 Å². The maximum Gasteiger partial charge on any atom is 0.266 e. The number of aryl methyl sites for hydroxylation is 1. The van der Waals surface area contributed by atoms with E-state index in [0.29, 0.717) is 34.5 Å². The van der Waals surface area contributed by atoms with Gasteiger partial charge in [0.15, 0.2) is 5.82 Å². The summed E-state index contributed by atoms with van der Waals surface area (Å²) < 4.78 is 1.63. The highest BCUT2D eigenvalue weighted by molar-refractivity contribution is 5.85. The number of terminal acetylenes is 1. The van der Waals surface area contributed by atoms with Gasteiger partial charge in [-0.1, -0.05) is 30.3 Å². The molecule has 3 heterocycles. The van der Waals surface area contributed by atoms with E-state index in [9.17, 15) is 4.79 Å². The highest BCUT2D eigenvalue weighted by Crippen LogP contribution is 2.27. The molecule has 1 atom stereocenters. The molecule has 0 saturated carbocycles. The standard InChI is InChI=1S/C25H20N6O/c1-3-8-20(29-23-22-19(13-14-26-23)27-15-28-22)24-30-18-12-7-9-16(2)21(18)25(32)31(24)17-10-5-4-6-11-17/h1,4-7,9-15,20H,8H2,2H3,(H,26,29)(H,27,28). The van der Waals surface area contributed by atoms with Crippen LogP contribution in [0.4, 0.5) is 5.82 Å². The summed E-state index contributed by atoms with van der Waals surface area (Å²) in [7, 11) is 0. The van der Waals surface area contributed by atoms with E-state index in [2.05, 4.69) is 26.2 Å². The van der Waals surface area contributed by atoms with Crippen LogP contribution in [0.3, 0.4) is 0 Å². The van der Waals surface area contributed by atoms with Crippen molar-refractivity contribution in [3.8, 4) is 18.0 Å². The molecule has 0 spiro atoms. The van der Waals surface area contributed by atoms with Crippen LogP contribution in [0.25, 0.3) is 27.6 Å². The van der Waals surface area contributed by atoms with Gasteiger partial charge in [-0.05, 0) is 36.8 Å². The fourth-order valence-corrected chi connectivity index (χ4v) is 3.94. The molecule has 0 aliphatic carbocycles. The van der Waals surface area contributed by atoms with Gasteiger partial charge in [0.05, 0.1) is 34.5 Å². The van der Waals surface area contributed by atoms with E-state index in [1.165, 1.54) is 0 Å². The van der Waals surface area contributed by atoms with Gasteiger partial charge in [0.2, 0.25) is 0 Å². The number of hydrogen-bond donors (Lipinski definition) is 2. The summed E-state index contributed by atoms with van der Waals surface area (Å²) in [5.41, 5.74) is 3.64. The minimum absolute atomic E-state index is 0.135. The quantitative estimate of drug-likeness (QED) is 0.417. The second-order valence-electron chi connectivity index (χ2n) is 7.48. The first-order valence-electron chi connectivity index (χ1n) is 10.2. The molecule has 3 aromatic heterocycles. The first-order chi connectivity index (χ1) is 15.7. The second kappa shape index (κ2) is 8.00. The molecule has 1 unspecified atom stereocenters. The monoisotopic (exact) mass is 420 g/mol. The minimum atomic E-state index is -0.465. The summed E-state index contributed by atoms with van der Waals surface area (Å²) in [6, 6.07) is 16.5. The van der Waals surface area contributed by atoms with Gasteiger partial charge in [-0.15, -0.1) is 12.3 Å². The van der Waals surface area contributed by atoms with Crippen molar-refractivity contribution in [3.05, 3.63) is 88.9 Å². The van der Waals surface area contributed by atoms with Crippen LogP contribution in [-0.2, 0) is 0 Å². The Hall–Kier alpha value is -4.44. The molecule has 0 amide bonds. The Morgan fingerprint density at radius 2 is 1.97 bits per heavy atom. The van der Waals surface area contributed by atoms with Crippen molar-refractivity contribution >= 4 is 27.8 Å². The zero-order chi connectivity index (χ0) is 22.1. The average molecular weight is 420 g/mol. The smallest absolute Gasteiger partial charge is 0.266 e. The first-order valence-corrected chi connectivity index (χ1v) is 10.2. The number of nitrogens with one attached hydrogen (secondary N) is 2. The number of rotatable bonds is 5. The van der Waals surface area contributed by atoms with Gasteiger partial charge in [0.25, 0.3) is 5.56 Å². The van der Waals surface area contributed by atoms with Crippen LogP contribution >= 0.6 is 0 Å². The Kier molecular flexibility index (Phi) is 4.88. The predicted molar refractivity (Wildman–Crippen MR) is 126 cm³/mol. The molecular formula is C25H20N6O. The van der Waals surface area contributed by atoms with Crippen molar-refractivity contribution in [1.29, 1.82) is 0 Å². The fourth-order valence-electron chi connectivity index (χ4n) is 3.94. The predicted octanol–water partition coefficient (Wildman–Crippen LogP) is 4.14. The molecule has 0 bridgehead atoms. The van der Waals surface area contributed by atoms with Crippen LogP contribution in [0.1, 0.15) is 23.9 Å². The lowest BCUT2D eigenvalue weighted by atomic mass is 10.1. The maximum atomic E-state index is 13.7. The van der Waals surface area contributed by atoms with Crippen molar-refractivity contribution in [3.63, 3.8) is 0 Å². The zero-order valence-corrected chi connectivity index (χ0v) is 17.4. The number of hydrogen-bond acceptors (Lipinski definition) is 5. The molecule has 0 saturated heterocycles. The van der Waals surface area contributed by atoms with Crippen molar-refractivity contribution in [2.75, 3.05) is 5.32 Å².